The van der Waals surface area contributed by atoms with E-state index < -0.39 is 0 Å². The molecule has 176 valence electrons. The van der Waals surface area contributed by atoms with Gasteiger partial charge in [0.15, 0.2) is 0 Å². The molecule has 1 N–H and O–H groups in total. The van der Waals surface area contributed by atoms with Crippen LogP contribution in [0.2, 0.25) is 5.02 Å². The molecule has 1 fully saturated rings. The summed E-state index contributed by atoms with van der Waals surface area (Å²) in [4.78, 5) is 26.7. The van der Waals surface area contributed by atoms with Gasteiger partial charge in [0, 0.05) is 48.5 Å². The highest BCUT2D eigenvalue weighted by Gasteiger charge is 2.27. The van der Waals surface area contributed by atoms with Crippen LogP contribution in [0, 0.1) is 0 Å². The van der Waals surface area contributed by atoms with E-state index in [0.29, 0.717) is 36.8 Å². The molecule has 2 aromatic heterocycles. The average molecular weight is 470 g/mol. The van der Waals surface area contributed by atoms with E-state index >= 15 is 0 Å². The first-order chi connectivity index (χ1) is 15.3. The summed E-state index contributed by atoms with van der Waals surface area (Å²) < 4.78 is 5.42. The third-order valence-electron chi connectivity index (χ3n) is 5.46. The van der Waals surface area contributed by atoms with E-state index in [-0.39, 0.29) is 18.7 Å². The van der Waals surface area contributed by atoms with Crippen LogP contribution in [0.15, 0.2) is 53.3 Å². The fourth-order valence-electron chi connectivity index (χ4n) is 3.61. The summed E-state index contributed by atoms with van der Waals surface area (Å²) >= 11 is 6.00. The Hall–Kier alpha value is -3.06. The first-order valence-electron chi connectivity index (χ1n) is 10.7. The molecule has 0 bridgehead atoms. The van der Waals surface area contributed by atoms with Gasteiger partial charge >= 0.3 is 0 Å². The minimum absolute atomic E-state index is 0. The van der Waals surface area contributed by atoms with Gasteiger partial charge in [0.2, 0.25) is 0 Å². The first kappa shape index (κ1) is 24.6. The number of hydrogen-bond acceptors (Lipinski definition) is 6. The van der Waals surface area contributed by atoms with Crippen LogP contribution in [-0.2, 0) is 12.0 Å². The number of rotatable bonds is 5. The molecule has 0 radical (unpaired) electrons. The van der Waals surface area contributed by atoms with Gasteiger partial charge in [0.25, 0.3) is 5.91 Å². The van der Waals surface area contributed by atoms with Crippen molar-refractivity contribution in [3.63, 3.8) is 0 Å². The van der Waals surface area contributed by atoms with E-state index in [2.05, 4.69) is 36.0 Å². The number of aromatic nitrogens is 2. The molecule has 3 aromatic rings. The van der Waals surface area contributed by atoms with E-state index in [9.17, 15) is 4.79 Å². The normalized spacial score (nSPS) is 14.1. The molecule has 1 aliphatic heterocycles. The van der Waals surface area contributed by atoms with Gasteiger partial charge < -0.3 is 19.5 Å². The second kappa shape index (κ2) is 10.3. The topological polar surface area (TPSA) is 74.5 Å². The van der Waals surface area contributed by atoms with Crippen LogP contribution in [0.3, 0.4) is 0 Å². The van der Waals surface area contributed by atoms with Crippen LogP contribution < -0.4 is 10.2 Å². The molecular weight excluding hydrogens is 438 g/mol. The van der Waals surface area contributed by atoms with E-state index in [1.807, 2.05) is 41.3 Å². The van der Waals surface area contributed by atoms with E-state index in [0.717, 1.165) is 29.6 Å². The van der Waals surface area contributed by atoms with Crippen molar-refractivity contribution in [3.05, 3.63) is 71.0 Å². The van der Waals surface area contributed by atoms with Crippen LogP contribution >= 0.6 is 11.6 Å². The number of anilines is 2. The van der Waals surface area contributed by atoms with Gasteiger partial charge in [0.1, 0.15) is 23.0 Å². The summed E-state index contributed by atoms with van der Waals surface area (Å²) in [5.74, 6) is 1.93. The molecule has 0 spiro atoms. The van der Waals surface area contributed by atoms with Crippen molar-refractivity contribution < 1.29 is 9.21 Å². The molecule has 0 aliphatic carbocycles. The third kappa shape index (κ3) is 5.85. The molecule has 1 amide bonds. The second-order valence-corrected chi connectivity index (χ2v) is 9.33. The van der Waals surface area contributed by atoms with Gasteiger partial charge in [-0.25, -0.2) is 9.97 Å². The fraction of sp³-hybridized carbons (Fsp3) is 0.400. The van der Waals surface area contributed by atoms with Crippen molar-refractivity contribution in [2.75, 3.05) is 36.4 Å². The summed E-state index contributed by atoms with van der Waals surface area (Å²) in [6, 6.07) is 11.5. The lowest BCUT2D eigenvalue weighted by atomic mass is 9.95. The van der Waals surface area contributed by atoms with Crippen LogP contribution in [0.4, 0.5) is 11.5 Å². The molecule has 1 aromatic carbocycles. The van der Waals surface area contributed by atoms with Gasteiger partial charge in [0.05, 0.1) is 12.8 Å². The third-order valence-corrected chi connectivity index (χ3v) is 5.71. The Morgan fingerprint density at radius 3 is 2.42 bits per heavy atom. The molecule has 0 saturated carbocycles. The highest BCUT2D eigenvalue weighted by molar-refractivity contribution is 6.30. The maximum Gasteiger partial charge on any atom is 0.259 e. The SMILES string of the molecule is C.CC(C)(C)c1ncc(C(=O)N2CCN(c3ccc(Cl)cc3)CC2)c(NCc2ccco2)n1. The van der Waals surface area contributed by atoms with Crippen LogP contribution in [0.5, 0.6) is 0 Å². The van der Waals surface area contributed by atoms with Crippen molar-refractivity contribution in [2.24, 2.45) is 0 Å². The molecule has 0 unspecified atom stereocenters. The number of benzene rings is 1. The standard InChI is InChI=1S/C24H28ClN5O2.CH4/c1-24(2,3)23-27-16-20(21(28-23)26-15-19-5-4-14-32-19)22(31)30-12-10-29(11-13-30)18-8-6-17(25)7-9-18;/h4-9,14,16H,10-13,15H2,1-3H3,(H,26,27,28);1H4. The minimum Gasteiger partial charge on any atom is -0.467 e. The van der Waals surface area contributed by atoms with Crippen LogP contribution in [-0.4, -0.2) is 47.0 Å². The zero-order valence-electron chi connectivity index (χ0n) is 18.6. The summed E-state index contributed by atoms with van der Waals surface area (Å²) in [5.41, 5.74) is 1.36. The van der Waals surface area contributed by atoms with Crippen molar-refractivity contribution in [1.82, 2.24) is 14.9 Å². The number of amides is 1. The second-order valence-electron chi connectivity index (χ2n) is 8.89. The van der Waals surface area contributed by atoms with Crippen LogP contribution in [0.25, 0.3) is 0 Å². The Labute approximate surface area is 200 Å². The summed E-state index contributed by atoms with van der Waals surface area (Å²) in [6.07, 6.45) is 3.27. The highest BCUT2D eigenvalue weighted by atomic mass is 35.5. The number of nitrogens with zero attached hydrogens (tertiary/aromatic N) is 4. The molecular formula is C25H32ClN5O2. The summed E-state index contributed by atoms with van der Waals surface area (Å²) in [6.45, 7) is 9.35. The number of halogens is 1. The number of carbonyl (C=O) groups excluding carboxylic acids is 1. The molecule has 8 heteroatoms. The van der Waals surface area contributed by atoms with E-state index in [1.165, 1.54) is 0 Å². The smallest absolute Gasteiger partial charge is 0.259 e. The van der Waals surface area contributed by atoms with E-state index in [4.69, 9.17) is 21.0 Å². The lowest BCUT2D eigenvalue weighted by Gasteiger charge is -2.36. The Morgan fingerprint density at radius 2 is 1.82 bits per heavy atom. The molecule has 4 rings (SSSR count). The molecule has 33 heavy (non-hydrogen) atoms. The molecule has 7 nitrogen and oxygen atoms in total. The van der Waals surface area contributed by atoms with Gasteiger partial charge in [-0.3, -0.25) is 4.79 Å². The number of carbonyl (C=O) groups is 1. The van der Waals surface area contributed by atoms with Gasteiger partial charge in [-0.2, -0.15) is 0 Å². The summed E-state index contributed by atoms with van der Waals surface area (Å²) in [7, 11) is 0. The van der Waals surface area contributed by atoms with Gasteiger partial charge in [-0.05, 0) is 36.4 Å². The van der Waals surface area contributed by atoms with Crippen molar-refractivity contribution >= 4 is 29.0 Å². The fourth-order valence-corrected chi connectivity index (χ4v) is 3.73. The Morgan fingerprint density at radius 1 is 1.12 bits per heavy atom. The lowest BCUT2D eigenvalue weighted by molar-refractivity contribution is 0.0746. The zero-order chi connectivity index (χ0) is 22.7. The van der Waals surface area contributed by atoms with Crippen molar-refractivity contribution in [1.29, 1.82) is 0 Å². The van der Waals surface area contributed by atoms with Gasteiger partial charge in [-0.1, -0.05) is 39.8 Å². The first-order valence-corrected chi connectivity index (χ1v) is 11.1. The molecule has 1 aliphatic rings. The van der Waals surface area contributed by atoms with Crippen molar-refractivity contribution in [3.8, 4) is 0 Å². The van der Waals surface area contributed by atoms with E-state index in [1.54, 1.807) is 12.5 Å². The minimum atomic E-state index is -0.229. The lowest BCUT2D eigenvalue weighted by Crippen LogP contribution is -2.49. The monoisotopic (exact) mass is 469 g/mol. The quantitative estimate of drug-likeness (QED) is 0.551. The average Bonchev–Trinajstić information content (AvgIpc) is 3.31. The molecule has 3 heterocycles. The molecule has 1 saturated heterocycles. The van der Waals surface area contributed by atoms with Crippen LogP contribution in [0.1, 0.15) is 50.1 Å². The molecule has 0 atom stereocenters. The number of hydrogen-bond donors (Lipinski definition) is 1. The summed E-state index contributed by atoms with van der Waals surface area (Å²) in [5, 5.41) is 3.99. The highest BCUT2D eigenvalue weighted by Crippen LogP contribution is 2.24. The number of nitrogens with one attached hydrogen (secondary N) is 1. The maximum atomic E-state index is 13.4. The largest absolute Gasteiger partial charge is 0.467 e. The Kier molecular flexibility index (Phi) is 7.64. The zero-order valence-corrected chi connectivity index (χ0v) is 19.4. The Balaban J connectivity index is 0.00000306. The van der Waals surface area contributed by atoms with Crippen molar-refractivity contribution in [2.45, 2.75) is 40.2 Å². The van der Waals surface area contributed by atoms with Gasteiger partial charge in [-0.15, -0.1) is 0 Å². The predicted molar refractivity (Wildman–Crippen MR) is 133 cm³/mol. The number of piperazine rings is 1. The Bertz CT molecular complexity index is 1050. The number of furan rings is 1. The predicted octanol–water partition coefficient (Wildman–Crippen LogP) is 5.23. The maximum absolute atomic E-state index is 13.4.